The summed E-state index contributed by atoms with van der Waals surface area (Å²) >= 11 is 0. The minimum atomic E-state index is 0.0865. The number of methoxy groups -OCH3 is 1. The average molecular weight is 324 g/mol. The summed E-state index contributed by atoms with van der Waals surface area (Å²) in [5.41, 5.74) is 2.05. The van der Waals surface area contributed by atoms with Crippen molar-refractivity contribution in [1.82, 2.24) is 14.9 Å². The van der Waals surface area contributed by atoms with Crippen molar-refractivity contribution >= 4 is 11.6 Å². The first-order chi connectivity index (χ1) is 11.7. The van der Waals surface area contributed by atoms with E-state index in [-0.39, 0.29) is 11.8 Å². The summed E-state index contributed by atoms with van der Waals surface area (Å²) in [6.07, 6.45) is 4.91. The molecule has 2 aliphatic heterocycles. The summed E-state index contributed by atoms with van der Waals surface area (Å²) in [4.78, 5) is 24.9. The number of rotatable bonds is 4. The van der Waals surface area contributed by atoms with E-state index in [2.05, 4.69) is 27.0 Å². The zero-order chi connectivity index (χ0) is 16.5. The fourth-order valence-corrected chi connectivity index (χ4v) is 3.73. The molecule has 0 saturated carbocycles. The molecule has 6 heteroatoms. The van der Waals surface area contributed by atoms with E-state index in [0.717, 1.165) is 37.6 Å². The molecule has 1 amide bonds. The number of anilines is 1. The number of aromatic nitrogens is 2. The van der Waals surface area contributed by atoms with Crippen LogP contribution in [0.4, 0.5) is 5.69 Å². The minimum Gasteiger partial charge on any atom is -0.497 e. The molecule has 2 fully saturated rings. The van der Waals surface area contributed by atoms with Gasteiger partial charge in [-0.25, -0.2) is 9.97 Å². The third kappa shape index (κ3) is 2.73. The summed E-state index contributed by atoms with van der Waals surface area (Å²) in [5, 5.41) is 0. The smallest absolute Gasteiger partial charge is 0.231 e. The Morgan fingerprint density at radius 3 is 2.54 bits per heavy atom. The van der Waals surface area contributed by atoms with E-state index in [0.29, 0.717) is 5.92 Å². The van der Waals surface area contributed by atoms with Gasteiger partial charge in [-0.3, -0.25) is 9.69 Å². The molecule has 0 aliphatic carbocycles. The lowest BCUT2D eigenvalue weighted by atomic mass is 10.0. The number of hydrogen-bond acceptors (Lipinski definition) is 5. The minimum absolute atomic E-state index is 0.0865. The third-order valence-corrected chi connectivity index (χ3v) is 4.94. The SMILES string of the molecule is COc1ccc(CN2C[C@@H]3CN(c4cncnc4)C(=O)[C@@H]3C2)cc1. The van der Waals surface area contributed by atoms with E-state index in [1.807, 2.05) is 17.0 Å². The predicted molar refractivity (Wildman–Crippen MR) is 89.6 cm³/mol. The number of amides is 1. The molecule has 0 unspecified atom stereocenters. The van der Waals surface area contributed by atoms with Gasteiger partial charge in [0.25, 0.3) is 0 Å². The Bertz CT molecular complexity index is 720. The topological polar surface area (TPSA) is 58.6 Å². The van der Waals surface area contributed by atoms with Crippen LogP contribution in [0.25, 0.3) is 0 Å². The molecule has 2 aliphatic rings. The first-order valence-electron chi connectivity index (χ1n) is 8.16. The standard InChI is InChI=1S/C18H20N4O2/c1-24-16-4-2-13(3-5-16)8-21-9-14-10-22(18(23)17(14)11-21)15-6-19-12-20-7-15/h2-7,12,14,17H,8-11H2,1H3/t14-,17-/m1/s1. The summed E-state index contributed by atoms with van der Waals surface area (Å²) < 4.78 is 5.19. The van der Waals surface area contributed by atoms with Gasteiger partial charge in [0.05, 0.1) is 31.1 Å². The second kappa shape index (κ2) is 6.20. The molecule has 6 nitrogen and oxygen atoms in total. The fourth-order valence-electron chi connectivity index (χ4n) is 3.73. The average Bonchev–Trinajstić information content (AvgIpc) is 3.15. The monoisotopic (exact) mass is 324 g/mol. The van der Waals surface area contributed by atoms with Gasteiger partial charge in [-0.1, -0.05) is 12.1 Å². The lowest BCUT2D eigenvalue weighted by Gasteiger charge is -2.21. The van der Waals surface area contributed by atoms with Gasteiger partial charge in [0.15, 0.2) is 0 Å². The van der Waals surface area contributed by atoms with Crippen LogP contribution in [-0.2, 0) is 11.3 Å². The highest BCUT2D eigenvalue weighted by Crippen LogP contribution is 2.35. The van der Waals surface area contributed by atoms with Crippen molar-refractivity contribution in [2.24, 2.45) is 11.8 Å². The fraction of sp³-hybridized carbons (Fsp3) is 0.389. The number of likely N-dealkylation sites (tertiary alicyclic amines) is 1. The zero-order valence-corrected chi connectivity index (χ0v) is 13.6. The molecule has 2 atom stereocenters. The van der Waals surface area contributed by atoms with Crippen LogP contribution >= 0.6 is 0 Å². The van der Waals surface area contributed by atoms with Crippen LogP contribution in [0.5, 0.6) is 5.75 Å². The van der Waals surface area contributed by atoms with E-state index in [9.17, 15) is 4.79 Å². The van der Waals surface area contributed by atoms with Crippen molar-refractivity contribution < 1.29 is 9.53 Å². The number of hydrogen-bond donors (Lipinski definition) is 0. The quantitative estimate of drug-likeness (QED) is 0.855. The predicted octanol–water partition coefficient (Wildman–Crippen LogP) is 1.58. The lowest BCUT2D eigenvalue weighted by molar-refractivity contribution is -0.120. The highest BCUT2D eigenvalue weighted by atomic mass is 16.5. The molecule has 4 rings (SSSR count). The molecular weight excluding hydrogens is 304 g/mol. The number of ether oxygens (including phenoxy) is 1. The molecule has 0 bridgehead atoms. The van der Waals surface area contributed by atoms with Gasteiger partial charge in [-0.2, -0.15) is 0 Å². The highest BCUT2D eigenvalue weighted by molar-refractivity contribution is 5.97. The number of nitrogens with zero attached hydrogens (tertiary/aromatic N) is 4. The van der Waals surface area contributed by atoms with Crippen molar-refractivity contribution in [3.63, 3.8) is 0 Å². The Morgan fingerprint density at radius 2 is 1.88 bits per heavy atom. The van der Waals surface area contributed by atoms with Crippen molar-refractivity contribution in [2.45, 2.75) is 6.54 Å². The van der Waals surface area contributed by atoms with Gasteiger partial charge in [0, 0.05) is 32.1 Å². The second-order valence-electron chi connectivity index (χ2n) is 6.45. The molecule has 0 N–H and O–H groups in total. The van der Waals surface area contributed by atoms with Gasteiger partial charge in [-0.15, -0.1) is 0 Å². The first-order valence-corrected chi connectivity index (χ1v) is 8.16. The van der Waals surface area contributed by atoms with E-state index in [1.54, 1.807) is 19.5 Å². The first kappa shape index (κ1) is 15.1. The largest absolute Gasteiger partial charge is 0.497 e. The third-order valence-electron chi connectivity index (χ3n) is 4.94. The Kier molecular flexibility index (Phi) is 3.90. The molecule has 0 spiro atoms. The van der Waals surface area contributed by atoms with Gasteiger partial charge in [0.1, 0.15) is 12.1 Å². The second-order valence-corrected chi connectivity index (χ2v) is 6.45. The van der Waals surface area contributed by atoms with Crippen LogP contribution in [-0.4, -0.2) is 47.5 Å². The molecular formula is C18H20N4O2. The number of carbonyl (C=O) groups is 1. The summed E-state index contributed by atoms with van der Waals surface area (Å²) in [6.45, 7) is 3.40. The van der Waals surface area contributed by atoms with Crippen molar-refractivity contribution in [2.75, 3.05) is 31.6 Å². The molecule has 1 aromatic heterocycles. The number of fused-ring (bicyclic) bond motifs is 1. The lowest BCUT2D eigenvalue weighted by Crippen LogP contribution is -2.32. The van der Waals surface area contributed by atoms with E-state index in [1.165, 1.54) is 11.9 Å². The molecule has 124 valence electrons. The maximum absolute atomic E-state index is 12.7. The zero-order valence-electron chi connectivity index (χ0n) is 13.6. The van der Waals surface area contributed by atoms with Crippen molar-refractivity contribution in [3.8, 4) is 5.75 Å². The van der Waals surface area contributed by atoms with Gasteiger partial charge in [0.2, 0.25) is 5.91 Å². The van der Waals surface area contributed by atoms with Crippen LogP contribution < -0.4 is 9.64 Å². The van der Waals surface area contributed by atoms with Crippen LogP contribution in [0.15, 0.2) is 43.0 Å². The molecule has 2 aromatic rings. The summed E-state index contributed by atoms with van der Waals surface area (Å²) in [5.74, 6) is 1.54. The Balaban J connectivity index is 1.40. The van der Waals surface area contributed by atoms with Crippen LogP contribution in [0.2, 0.25) is 0 Å². The van der Waals surface area contributed by atoms with Gasteiger partial charge >= 0.3 is 0 Å². The molecule has 2 saturated heterocycles. The maximum Gasteiger partial charge on any atom is 0.231 e. The van der Waals surface area contributed by atoms with E-state index < -0.39 is 0 Å². The number of carbonyl (C=O) groups excluding carboxylic acids is 1. The molecule has 0 radical (unpaired) electrons. The normalized spacial score (nSPS) is 23.5. The van der Waals surface area contributed by atoms with E-state index >= 15 is 0 Å². The number of benzene rings is 1. The molecule has 3 heterocycles. The summed E-state index contributed by atoms with van der Waals surface area (Å²) in [6, 6.07) is 8.13. The summed E-state index contributed by atoms with van der Waals surface area (Å²) in [7, 11) is 1.67. The van der Waals surface area contributed by atoms with Gasteiger partial charge < -0.3 is 9.64 Å². The van der Waals surface area contributed by atoms with E-state index in [4.69, 9.17) is 4.74 Å². The van der Waals surface area contributed by atoms with Crippen LogP contribution in [0.3, 0.4) is 0 Å². The van der Waals surface area contributed by atoms with Crippen LogP contribution in [0.1, 0.15) is 5.56 Å². The molecule has 24 heavy (non-hydrogen) atoms. The van der Waals surface area contributed by atoms with Crippen LogP contribution in [0, 0.1) is 11.8 Å². The Labute approximate surface area is 141 Å². The van der Waals surface area contributed by atoms with Crippen molar-refractivity contribution in [3.05, 3.63) is 48.5 Å². The van der Waals surface area contributed by atoms with Crippen molar-refractivity contribution in [1.29, 1.82) is 0 Å². The molecule has 1 aromatic carbocycles. The Hall–Kier alpha value is -2.47. The Morgan fingerprint density at radius 1 is 1.12 bits per heavy atom. The van der Waals surface area contributed by atoms with Gasteiger partial charge in [-0.05, 0) is 17.7 Å². The highest BCUT2D eigenvalue weighted by Gasteiger charge is 2.46. The maximum atomic E-state index is 12.7.